The van der Waals surface area contributed by atoms with Gasteiger partial charge >= 0.3 is 0 Å². The van der Waals surface area contributed by atoms with Crippen molar-refractivity contribution in [2.24, 2.45) is 0 Å². The van der Waals surface area contributed by atoms with Gasteiger partial charge in [-0.1, -0.05) is 62.2 Å². The highest BCUT2D eigenvalue weighted by Gasteiger charge is 2.19. The lowest BCUT2D eigenvalue weighted by molar-refractivity contribution is 0.103. The molecule has 6 rings (SSSR count). The van der Waals surface area contributed by atoms with Crippen LogP contribution in [0.1, 0.15) is 54.1 Å². The summed E-state index contributed by atoms with van der Waals surface area (Å²) in [5.74, 6) is -0.432. The molecule has 2 heterocycles. The first kappa shape index (κ1) is 32.1. The Bertz CT molecular complexity index is 1940. The fourth-order valence-corrected chi connectivity index (χ4v) is 6.46. The van der Waals surface area contributed by atoms with E-state index in [1.54, 1.807) is 42.5 Å². The zero-order valence-electron chi connectivity index (χ0n) is 25.5. The molecule has 45 heavy (non-hydrogen) atoms. The Labute approximate surface area is 263 Å². The van der Waals surface area contributed by atoms with Crippen LogP contribution >= 0.6 is 0 Å². The number of hydrogen-bond acceptors (Lipinski definition) is 5. The van der Waals surface area contributed by atoms with E-state index in [1.165, 1.54) is 48.6 Å². The van der Waals surface area contributed by atoms with Gasteiger partial charge in [-0.05, 0) is 78.9 Å². The molecule has 0 amide bonds. The number of aromatic nitrogens is 1. The maximum atomic E-state index is 13.2. The summed E-state index contributed by atoms with van der Waals surface area (Å²) in [6.45, 7) is 5.43. The zero-order valence-corrected chi connectivity index (χ0v) is 26.4. The maximum absolute atomic E-state index is 13.2. The Morgan fingerprint density at radius 2 is 1.67 bits per heavy atom. The van der Waals surface area contributed by atoms with Crippen molar-refractivity contribution in [3.05, 3.63) is 120 Å². The quantitative estimate of drug-likeness (QED) is 0.0996. The van der Waals surface area contributed by atoms with Gasteiger partial charge in [-0.25, -0.2) is 4.39 Å². The number of fused-ring (bicyclic) bond motifs is 2. The van der Waals surface area contributed by atoms with Gasteiger partial charge in [0, 0.05) is 53.8 Å². The molecule has 234 valence electrons. The van der Waals surface area contributed by atoms with Crippen LogP contribution in [0.3, 0.4) is 0 Å². The maximum Gasteiger partial charge on any atom is 0.295 e. The van der Waals surface area contributed by atoms with Gasteiger partial charge < -0.3 is 5.43 Å². The number of carbonyl (C=O) groups excluding carboxylic acids is 1. The minimum atomic E-state index is -4.13. The second-order valence-electron chi connectivity index (χ2n) is 11.1. The van der Waals surface area contributed by atoms with E-state index in [0.29, 0.717) is 16.5 Å². The summed E-state index contributed by atoms with van der Waals surface area (Å²) < 4.78 is 46.2. The standard InChI is InChI=1S/C26H30FN3O.C10H8O3S/c1-3-4-5-14-29-15-12-19(13-16-29)24-18-30(28-2)25-11-8-21(17-23(24)25)26(31)20-6-9-22(27)10-7-20;11-14(12,13)10-7-3-5-8-4-1-2-6-9(8)10/h6-12,17-18,28H,3-5,13-16H2,1-2H3;1-7H,(H,11,12,13). The lowest BCUT2D eigenvalue weighted by Crippen LogP contribution is -2.29. The molecule has 0 aliphatic carbocycles. The van der Waals surface area contributed by atoms with E-state index < -0.39 is 10.1 Å². The van der Waals surface area contributed by atoms with Gasteiger partial charge in [-0.15, -0.1) is 0 Å². The van der Waals surface area contributed by atoms with Crippen LogP contribution in [0.5, 0.6) is 0 Å². The molecule has 9 heteroatoms. The number of hydrogen-bond donors (Lipinski definition) is 2. The van der Waals surface area contributed by atoms with E-state index >= 15 is 0 Å². The van der Waals surface area contributed by atoms with Crippen LogP contribution in [0.4, 0.5) is 4.39 Å². The van der Waals surface area contributed by atoms with E-state index in [1.807, 2.05) is 36.0 Å². The predicted octanol–water partition coefficient (Wildman–Crippen LogP) is 7.55. The highest BCUT2D eigenvalue weighted by Crippen LogP contribution is 2.32. The van der Waals surface area contributed by atoms with E-state index in [0.717, 1.165) is 42.3 Å². The lowest BCUT2D eigenvalue weighted by atomic mass is 9.96. The third kappa shape index (κ3) is 7.50. The molecular weight excluding hydrogens is 589 g/mol. The summed E-state index contributed by atoms with van der Waals surface area (Å²) in [5, 5.41) is 2.40. The van der Waals surface area contributed by atoms with Crippen molar-refractivity contribution < 1.29 is 22.2 Å². The Morgan fingerprint density at radius 1 is 0.933 bits per heavy atom. The number of unbranched alkanes of at least 4 members (excludes halogenated alkanes) is 2. The topological polar surface area (TPSA) is 91.6 Å². The first-order chi connectivity index (χ1) is 21.7. The average molecular weight is 628 g/mol. The Kier molecular flexibility index (Phi) is 10.1. The fourth-order valence-electron chi connectivity index (χ4n) is 5.75. The molecule has 2 N–H and O–H groups in total. The van der Waals surface area contributed by atoms with Crippen LogP contribution in [0.15, 0.2) is 102 Å². The second kappa shape index (κ2) is 14.2. The molecule has 0 radical (unpaired) electrons. The SMILES string of the molecule is CCCCCN1CC=C(c2cn(NC)c3ccc(C(=O)c4ccc(F)cc4)cc23)CC1.O=S(=O)(O)c1cccc2ccccc12. The summed E-state index contributed by atoms with van der Waals surface area (Å²) in [5.41, 5.74) is 7.87. The third-order valence-corrected chi connectivity index (χ3v) is 9.07. The Balaban J connectivity index is 0.000000238. The van der Waals surface area contributed by atoms with Crippen molar-refractivity contribution in [3.8, 4) is 0 Å². The Morgan fingerprint density at radius 3 is 2.36 bits per heavy atom. The van der Waals surface area contributed by atoms with Crippen LogP contribution in [0, 0.1) is 5.82 Å². The average Bonchev–Trinajstić information content (AvgIpc) is 3.43. The van der Waals surface area contributed by atoms with E-state index in [9.17, 15) is 17.6 Å². The van der Waals surface area contributed by atoms with E-state index in [4.69, 9.17) is 4.55 Å². The van der Waals surface area contributed by atoms with Crippen molar-refractivity contribution in [3.63, 3.8) is 0 Å². The van der Waals surface area contributed by atoms with Crippen molar-refractivity contribution >= 4 is 43.1 Å². The lowest BCUT2D eigenvalue weighted by Gasteiger charge is -2.26. The van der Waals surface area contributed by atoms with Crippen LogP contribution in [0.2, 0.25) is 0 Å². The van der Waals surface area contributed by atoms with Crippen molar-refractivity contribution in [2.75, 3.05) is 32.1 Å². The second-order valence-corrected chi connectivity index (χ2v) is 12.5. The van der Waals surface area contributed by atoms with Gasteiger partial charge in [0.15, 0.2) is 5.78 Å². The highest BCUT2D eigenvalue weighted by molar-refractivity contribution is 7.86. The van der Waals surface area contributed by atoms with Crippen molar-refractivity contribution in [1.29, 1.82) is 0 Å². The summed E-state index contributed by atoms with van der Waals surface area (Å²) in [6.07, 6.45) is 9.25. The number of halogens is 1. The van der Waals surface area contributed by atoms with E-state index in [2.05, 4.69) is 29.5 Å². The minimum absolute atomic E-state index is 0.0457. The minimum Gasteiger partial charge on any atom is -0.329 e. The molecule has 7 nitrogen and oxygen atoms in total. The number of ketones is 1. The zero-order chi connectivity index (χ0) is 32.0. The molecule has 1 aliphatic heterocycles. The molecule has 0 unspecified atom stereocenters. The highest BCUT2D eigenvalue weighted by atomic mass is 32.2. The van der Waals surface area contributed by atoms with Crippen LogP contribution in [-0.4, -0.2) is 55.0 Å². The molecule has 0 saturated carbocycles. The predicted molar refractivity (Wildman–Crippen MR) is 179 cm³/mol. The first-order valence-electron chi connectivity index (χ1n) is 15.2. The molecule has 1 aromatic heterocycles. The van der Waals surface area contributed by atoms with Crippen LogP contribution in [-0.2, 0) is 10.1 Å². The largest absolute Gasteiger partial charge is 0.329 e. The molecule has 5 aromatic rings. The smallest absolute Gasteiger partial charge is 0.295 e. The Hall–Kier alpha value is -4.31. The normalized spacial score (nSPS) is 13.7. The molecule has 0 spiro atoms. The third-order valence-electron chi connectivity index (χ3n) is 8.16. The molecular formula is C36H38FN3O4S. The molecule has 1 aliphatic rings. The molecule has 4 aromatic carbocycles. The first-order valence-corrected chi connectivity index (χ1v) is 16.6. The van der Waals surface area contributed by atoms with Crippen LogP contribution in [0.25, 0.3) is 27.2 Å². The molecule has 0 saturated heterocycles. The van der Waals surface area contributed by atoms with Gasteiger partial charge in [-0.3, -0.25) is 18.9 Å². The van der Waals surface area contributed by atoms with Gasteiger partial charge in [0.2, 0.25) is 0 Å². The summed E-state index contributed by atoms with van der Waals surface area (Å²) >= 11 is 0. The van der Waals surface area contributed by atoms with Crippen LogP contribution < -0.4 is 5.43 Å². The number of nitrogens with zero attached hydrogens (tertiary/aromatic N) is 2. The number of nitrogens with one attached hydrogen (secondary N) is 1. The molecule has 0 atom stereocenters. The van der Waals surface area contributed by atoms with Gasteiger partial charge in [0.05, 0.1) is 5.52 Å². The summed E-state index contributed by atoms with van der Waals surface area (Å²) in [6, 6.07) is 23.3. The number of benzene rings is 4. The number of carbonyl (C=O) groups is 1. The van der Waals surface area contributed by atoms with Gasteiger partial charge in [0.1, 0.15) is 10.7 Å². The summed E-state index contributed by atoms with van der Waals surface area (Å²) in [7, 11) is -2.24. The number of rotatable bonds is 9. The summed E-state index contributed by atoms with van der Waals surface area (Å²) in [4.78, 5) is 15.4. The monoisotopic (exact) mass is 627 g/mol. The fraction of sp³-hybridized carbons (Fsp3) is 0.250. The van der Waals surface area contributed by atoms with Crippen molar-refractivity contribution in [2.45, 2.75) is 37.5 Å². The van der Waals surface area contributed by atoms with E-state index in [-0.39, 0.29) is 16.5 Å². The van der Waals surface area contributed by atoms with Gasteiger partial charge in [-0.2, -0.15) is 8.42 Å². The van der Waals surface area contributed by atoms with Gasteiger partial charge in [0.25, 0.3) is 10.1 Å². The molecule has 0 bridgehead atoms. The van der Waals surface area contributed by atoms with Crippen molar-refractivity contribution in [1.82, 2.24) is 9.58 Å². The molecule has 0 fully saturated rings.